The van der Waals surface area contributed by atoms with E-state index in [0.29, 0.717) is 17.9 Å². The van der Waals surface area contributed by atoms with Gasteiger partial charge in [0.1, 0.15) is 0 Å². The van der Waals surface area contributed by atoms with Crippen LogP contribution < -0.4 is 5.32 Å². The Bertz CT molecular complexity index is 442. The number of aliphatic hydroxyl groups is 1. The van der Waals surface area contributed by atoms with E-state index in [2.05, 4.69) is 22.3 Å². The van der Waals surface area contributed by atoms with Crippen LogP contribution in [0, 0.1) is 11.3 Å². The predicted octanol–water partition coefficient (Wildman–Crippen LogP) is 2.13. The van der Waals surface area contributed by atoms with E-state index in [1.165, 1.54) is 18.4 Å². The van der Waals surface area contributed by atoms with E-state index in [4.69, 9.17) is 11.6 Å². The molecule has 20 heavy (non-hydrogen) atoms. The van der Waals surface area contributed by atoms with Gasteiger partial charge in [0, 0.05) is 37.2 Å². The molecule has 110 valence electrons. The van der Waals surface area contributed by atoms with Crippen LogP contribution in [0.25, 0.3) is 0 Å². The molecular weight excluding hydrogens is 272 g/mol. The molecule has 2 N–H and O–H groups in total. The van der Waals surface area contributed by atoms with Gasteiger partial charge in [0.05, 0.1) is 0 Å². The quantitative estimate of drug-likeness (QED) is 0.896. The first-order valence-electron chi connectivity index (χ1n) is 7.50. The second-order valence-electron chi connectivity index (χ2n) is 6.29. The van der Waals surface area contributed by atoms with Crippen LogP contribution >= 0.6 is 11.6 Å². The molecule has 2 aliphatic rings. The highest BCUT2D eigenvalue weighted by Gasteiger charge is 2.46. The van der Waals surface area contributed by atoms with Crippen molar-refractivity contribution in [2.75, 3.05) is 32.8 Å². The lowest BCUT2D eigenvalue weighted by molar-refractivity contribution is 0.0984. The molecule has 3 rings (SSSR count). The number of piperidine rings is 1. The van der Waals surface area contributed by atoms with Gasteiger partial charge in [-0.05, 0) is 49.0 Å². The molecule has 2 heterocycles. The molecule has 2 fully saturated rings. The number of likely N-dealkylation sites (tertiary alicyclic amines) is 1. The summed E-state index contributed by atoms with van der Waals surface area (Å²) < 4.78 is 0. The zero-order valence-electron chi connectivity index (χ0n) is 11.8. The molecule has 1 atom stereocenters. The third-order valence-electron chi connectivity index (χ3n) is 5.02. The fraction of sp³-hybridized carbons (Fsp3) is 0.625. The molecule has 1 aromatic rings. The van der Waals surface area contributed by atoms with Crippen molar-refractivity contribution in [2.24, 2.45) is 11.3 Å². The number of hydrogen-bond donors (Lipinski definition) is 2. The molecule has 3 nitrogen and oxygen atoms in total. The van der Waals surface area contributed by atoms with E-state index in [1.807, 2.05) is 12.1 Å². The van der Waals surface area contributed by atoms with Crippen LogP contribution in [0.15, 0.2) is 24.3 Å². The molecule has 0 bridgehead atoms. The summed E-state index contributed by atoms with van der Waals surface area (Å²) >= 11 is 5.94. The van der Waals surface area contributed by atoms with Crippen molar-refractivity contribution in [3.63, 3.8) is 0 Å². The second-order valence-corrected chi connectivity index (χ2v) is 6.72. The zero-order valence-corrected chi connectivity index (χ0v) is 12.6. The molecular formula is C16H23ClN2O. The Balaban J connectivity index is 1.68. The van der Waals surface area contributed by atoms with Crippen molar-refractivity contribution in [1.82, 2.24) is 10.2 Å². The summed E-state index contributed by atoms with van der Waals surface area (Å²) in [6.07, 6.45) is 2.38. The number of nitrogens with one attached hydrogen (secondary N) is 1. The van der Waals surface area contributed by atoms with Gasteiger partial charge >= 0.3 is 0 Å². The van der Waals surface area contributed by atoms with Crippen molar-refractivity contribution >= 4 is 11.6 Å². The third kappa shape index (κ3) is 2.86. The maximum Gasteiger partial charge on any atom is 0.0477 e. The zero-order chi connectivity index (χ0) is 14.0. The van der Waals surface area contributed by atoms with Crippen molar-refractivity contribution in [3.8, 4) is 0 Å². The summed E-state index contributed by atoms with van der Waals surface area (Å²) in [4.78, 5) is 2.50. The maximum absolute atomic E-state index is 9.74. The van der Waals surface area contributed by atoms with E-state index in [1.54, 1.807) is 0 Å². The van der Waals surface area contributed by atoms with Gasteiger partial charge < -0.3 is 10.4 Å². The number of aliphatic hydroxyl groups excluding tert-OH is 1. The standard InChI is InChI=1S/C16H23ClN2O/c17-15-3-1-13(2-4-15)9-19-10-14(11-20)16(12-19)5-7-18-8-6-16/h1-4,14,18,20H,5-12H2. The maximum atomic E-state index is 9.74. The number of hydrogen-bond acceptors (Lipinski definition) is 3. The summed E-state index contributed by atoms with van der Waals surface area (Å²) in [5.74, 6) is 0.428. The largest absolute Gasteiger partial charge is 0.396 e. The van der Waals surface area contributed by atoms with Gasteiger partial charge in [0.15, 0.2) is 0 Å². The number of halogens is 1. The second kappa shape index (κ2) is 6.02. The van der Waals surface area contributed by atoms with Crippen LogP contribution in [0.2, 0.25) is 5.02 Å². The molecule has 2 aliphatic heterocycles. The van der Waals surface area contributed by atoms with E-state index in [9.17, 15) is 5.11 Å². The SMILES string of the molecule is OCC1CN(Cc2ccc(Cl)cc2)CC12CCNCC2. The number of benzene rings is 1. The highest BCUT2D eigenvalue weighted by Crippen LogP contribution is 2.43. The van der Waals surface area contributed by atoms with Gasteiger partial charge in [0.2, 0.25) is 0 Å². The van der Waals surface area contributed by atoms with Crippen LogP contribution in [-0.2, 0) is 6.54 Å². The fourth-order valence-corrected chi connectivity index (χ4v) is 3.98. The Labute approximate surface area is 125 Å². The van der Waals surface area contributed by atoms with Crippen LogP contribution in [0.1, 0.15) is 18.4 Å². The van der Waals surface area contributed by atoms with Gasteiger partial charge in [-0.15, -0.1) is 0 Å². The summed E-state index contributed by atoms with van der Waals surface area (Å²) in [6.45, 7) is 5.58. The molecule has 0 saturated carbocycles. The molecule has 0 radical (unpaired) electrons. The average Bonchev–Trinajstić information content (AvgIpc) is 2.79. The van der Waals surface area contributed by atoms with Gasteiger partial charge in [-0.1, -0.05) is 23.7 Å². The van der Waals surface area contributed by atoms with Crippen molar-refractivity contribution in [1.29, 1.82) is 0 Å². The Morgan fingerprint density at radius 2 is 1.95 bits per heavy atom. The predicted molar refractivity (Wildman–Crippen MR) is 81.8 cm³/mol. The minimum Gasteiger partial charge on any atom is -0.396 e. The third-order valence-corrected chi connectivity index (χ3v) is 5.27. The molecule has 0 amide bonds. The van der Waals surface area contributed by atoms with Crippen LogP contribution in [0.5, 0.6) is 0 Å². The Morgan fingerprint density at radius 3 is 2.60 bits per heavy atom. The van der Waals surface area contributed by atoms with Crippen LogP contribution in [0.3, 0.4) is 0 Å². The molecule has 1 spiro atoms. The lowest BCUT2D eigenvalue weighted by atomic mass is 9.71. The lowest BCUT2D eigenvalue weighted by Crippen LogP contribution is -2.42. The number of rotatable bonds is 3. The molecule has 4 heteroatoms. The van der Waals surface area contributed by atoms with Crippen LogP contribution in [0.4, 0.5) is 0 Å². The lowest BCUT2D eigenvalue weighted by Gasteiger charge is -2.38. The van der Waals surface area contributed by atoms with Crippen molar-refractivity contribution in [2.45, 2.75) is 19.4 Å². The Hall–Kier alpha value is -0.610. The monoisotopic (exact) mass is 294 g/mol. The van der Waals surface area contributed by atoms with E-state index < -0.39 is 0 Å². The molecule has 0 aliphatic carbocycles. The fourth-order valence-electron chi connectivity index (χ4n) is 3.86. The van der Waals surface area contributed by atoms with Crippen molar-refractivity contribution < 1.29 is 5.11 Å². The van der Waals surface area contributed by atoms with Gasteiger partial charge in [0.25, 0.3) is 0 Å². The van der Waals surface area contributed by atoms with E-state index in [-0.39, 0.29) is 0 Å². The van der Waals surface area contributed by atoms with E-state index in [0.717, 1.165) is 37.7 Å². The minimum atomic E-state index is 0.317. The first kappa shape index (κ1) is 14.3. The summed E-state index contributed by atoms with van der Waals surface area (Å²) in [5.41, 5.74) is 1.63. The average molecular weight is 295 g/mol. The first-order chi connectivity index (χ1) is 9.72. The topological polar surface area (TPSA) is 35.5 Å². The van der Waals surface area contributed by atoms with Crippen molar-refractivity contribution in [3.05, 3.63) is 34.9 Å². The molecule has 1 aromatic carbocycles. The van der Waals surface area contributed by atoms with Gasteiger partial charge in [-0.25, -0.2) is 0 Å². The van der Waals surface area contributed by atoms with Gasteiger partial charge in [-0.2, -0.15) is 0 Å². The summed E-state index contributed by atoms with van der Waals surface area (Å²) in [5, 5.41) is 14.0. The van der Waals surface area contributed by atoms with E-state index >= 15 is 0 Å². The van der Waals surface area contributed by atoms with Gasteiger partial charge in [-0.3, -0.25) is 4.90 Å². The Morgan fingerprint density at radius 1 is 1.25 bits per heavy atom. The molecule has 2 saturated heterocycles. The highest BCUT2D eigenvalue weighted by atomic mass is 35.5. The normalized spacial score (nSPS) is 26.2. The smallest absolute Gasteiger partial charge is 0.0477 e. The minimum absolute atomic E-state index is 0.317. The highest BCUT2D eigenvalue weighted by molar-refractivity contribution is 6.30. The Kier molecular flexibility index (Phi) is 4.32. The first-order valence-corrected chi connectivity index (χ1v) is 7.88. The van der Waals surface area contributed by atoms with Crippen LogP contribution in [-0.4, -0.2) is 42.8 Å². The molecule has 0 aromatic heterocycles. The summed E-state index contributed by atoms with van der Waals surface area (Å²) in [7, 11) is 0. The summed E-state index contributed by atoms with van der Waals surface area (Å²) in [6, 6.07) is 8.11. The number of nitrogens with zero attached hydrogens (tertiary/aromatic N) is 1. The molecule has 1 unspecified atom stereocenters.